The summed E-state index contributed by atoms with van der Waals surface area (Å²) in [6.45, 7) is 3.56. The van der Waals surface area contributed by atoms with E-state index in [1.54, 1.807) is 0 Å². The van der Waals surface area contributed by atoms with Crippen molar-refractivity contribution in [3.63, 3.8) is 0 Å². The molecule has 0 saturated carbocycles. The fraction of sp³-hybridized carbons (Fsp3) is 0.296. The summed E-state index contributed by atoms with van der Waals surface area (Å²) in [4.78, 5) is 4.96. The highest BCUT2D eigenvalue weighted by molar-refractivity contribution is 6.31. The van der Waals surface area contributed by atoms with Crippen LogP contribution in [0.5, 0.6) is 0 Å². The number of benzene rings is 2. The summed E-state index contributed by atoms with van der Waals surface area (Å²) in [5.74, 6) is 0.442. The summed E-state index contributed by atoms with van der Waals surface area (Å²) >= 11 is 6.54. The molecule has 1 saturated heterocycles. The second-order valence-corrected chi connectivity index (χ2v) is 9.51. The summed E-state index contributed by atoms with van der Waals surface area (Å²) in [5.41, 5.74) is 7.34. The highest BCUT2D eigenvalue weighted by atomic mass is 35.5. The lowest BCUT2D eigenvalue weighted by Gasteiger charge is -2.33. The highest BCUT2D eigenvalue weighted by Gasteiger charge is 2.30. The minimum atomic E-state index is 0.145. The molecule has 7 heteroatoms. The van der Waals surface area contributed by atoms with Crippen molar-refractivity contribution in [1.82, 2.24) is 24.5 Å². The molecule has 6 nitrogen and oxygen atoms in total. The van der Waals surface area contributed by atoms with Gasteiger partial charge in [-0.25, -0.2) is 4.68 Å². The Labute approximate surface area is 203 Å². The van der Waals surface area contributed by atoms with E-state index in [-0.39, 0.29) is 6.04 Å². The van der Waals surface area contributed by atoms with Crippen LogP contribution in [0.3, 0.4) is 0 Å². The van der Waals surface area contributed by atoms with Crippen molar-refractivity contribution in [1.29, 1.82) is 0 Å². The number of hydrogen-bond acceptors (Lipinski definition) is 4. The van der Waals surface area contributed by atoms with Gasteiger partial charge in [-0.2, -0.15) is 0 Å². The summed E-state index contributed by atoms with van der Waals surface area (Å²) in [7, 11) is 1.92. The SMILES string of the molecule is Cc1nnn(C)c1-c1cnc2c3ccc(Cl)cc3n([C@H](c3ccccc3)C3CCOCC3)c2c1. The van der Waals surface area contributed by atoms with Gasteiger partial charge in [-0.1, -0.05) is 47.1 Å². The number of aryl methyl sites for hydroxylation is 2. The molecule has 34 heavy (non-hydrogen) atoms. The highest BCUT2D eigenvalue weighted by Crippen LogP contribution is 2.41. The third-order valence-electron chi connectivity index (χ3n) is 7.00. The quantitative estimate of drug-likeness (QED) is 0.324. The zero-order valence-corrected chi connectivity index (χ0v) is 20.0. The van der Waals surface area contributed by atoms with Crippen molar-refractivity contribution in [3.05, 3.63) is 77.1 Å². The molecule has 0 aliphatic carbocycles. The van der Waals surface area contributed by atoms with Gasteiger partial charge in [0.1, 0.15) is 0 Å². The van der Waals surface area contributed by atoms with Crippen LogP contribution in [-0.4, -0.2) is 37.8 Å². The first kappa shape index (κ1) is 21.3. The Hall–Kier alpha value is -3.22. The van der Waals surface area contributed by atoms with Gasteiger partial charge >= 0.3 is 0 Å². The van der Waals surface area contributed by atoms with E-state index in [1.807, 2.05) is 30.9 Å². The van der Waals surface area contributed by atoms with E-state index < -0.39 is 0 Å². The Balaban J connectivity index is 1.67. The topological polar surface area (TPSA) is 57.8 Å². The normalized spacial score (nSPS) is 15.9. The van der Waals surface area contributed by atoms with Crippen molar-refractivity contribution < 1.29 is 4.74 Å². The second-order valence-electron chi connectivity index (χ2n) is 9.08. The number of hydrogen-bond donors (Lipinski definition) is 0. The molecule has 6 rings (SSSR count). The van der Waals surface area contributed by atoms with E-state index >= 15 is 0 Å². The van der Waals surface area contributed by atoms with Crippen LogP contribution in [-0.2, 0) is 11.8 Å². The number of halogens is 1. The van der Waals surface area contributed by atoms with Gasteiger partial charge in [0.2, 0.25) is 0 Å². The molecule has 172 valence electrons. The second kappa shape index (κ2) is 8.53. The third kappa shape index (κ3) is 3.49. The number of aromatic nitrogens is 5. The fourth-order valence-corrected chi connectivity index (χ4v) is 5.64. The van der Waals surface area contributed by atoms with Gasteiger partial charge in [-0.05, 0) is 55.5 Å². The van der Waals surface area contributed by atoms with Crippen LogP contribution >= 0.6 is 11.6 Å². The molecule has 1 fully saturated rings. The van der Waals surface area contributed by atoms with Gasteiger partial charge in [-0.15, -0.1) is 5.10 Å². The lowest BCUT2D eigenvalue weighted by atomic mass is 9.86. The standard InChI is InChI=1S/C27H26ClN5O/c1-17-26(32(2)31-30-17)20-14-24-25(29-16-20)22-9-8-21(28)15-23(22)33(24)27(18-6-4-3-5-7-18)19-10-12-34-13-11-19/h3-9,14-16,19,27H,10-13H2,1-2H3/t27-/m1/s1. The zero-order chi connectivity index (χ0) is 23.2. The van der Waals surface area contributed by atoms with E-state index in [0.29, 0.717) is 5.92 Å². The number of fused-ring (bicyclic) bond motifs is 3. The van der Waals surface area contributed by atoms with E-state index in [0.717, 1.165) is 70.0 Å². The lowest BCUT2D eigenvalue weighted by Crippen LogP contribution is -2.26. The molecule has 0 spiro atoms. The van der Waals surface area contributed by atoms with Gasteiger partial charge in [0.15, 0.2) is 0 Å². The van der Waals surface area contributed by atoms with Crippen LogP contribution in [0.15, 0.2) is 60.8 Å². The molecule has 3 aromatic heterocycles. The van der Waals surface area contributed by atoms with E-state index in [2.05, 4.69) is 63.4 Å². The van der Waals surface area contributed by atoms with Crippen LogP contribution in [0.25, 0.3) is 33.2 Å². The average Bonchev–Trinajstić information content (AvgIpc) is 3.36. The first-order valence-corrected chi connectivity index (χ1v) is 12.1. The van der Waals surface area contributed by atoms with E-state index in [9.17, 15) is 0 Å². The van der Waals surface area contributed by atoms with Crippen LogP contribution < -0.4 is 0 Å². The maximum Gasteiger partial charge on any atom is 0.0960 e. The fourth-order valence-electron chi connectivity index (χ4n) is 5.48. The van der Waals surface area contributed by atoms with Crippen molar-refractivity contribution in [2.75, 3.05) is 13.2 Å². The summed E-state index contributed by atoms with van der Waals surface area (Å²) in [6, 6.07) is 19.3. The Kier molecular flexibility index (Phi) is 5.35. The predicted octanol–water partition coefficient (Wildman–Crippen LogP) is 5.96. The van der Waals surface area contributed by atoms with Gasteiger partial charge in [0, 0.05) is 42.4 Å². The van der Waals surface area contributed by atoms with Crippen molar-refractivity contribution in [3.8, 4) is 11.3 Å². The molecular weight excluding hydrogens is 446 g/mol. The summed E-state index contributed by atoms with van der Waals surface area (Å²) in [5, 5.41) is 10.3. The van der Waals surface area contributed by atoms with Gasteiger partial charge in [-0.3, -0.25) is 4.98 Å². The molecule has 1 atom stereocenters. The van der Waals surface area contributed by atoms with Crippen molar-refractivity contribution in [2.24, 2.45) is 13.0 Å². The number of ether oxygens (including phenoxy) is 1. The lowest BCUT2D eigenvalue weighted by molar-refractivity contribution is 0.0553. The Morgan fingerprint density at radius 1 is 1.03 bits per heavy atom. The molecule has 0 N–H and O–H groups in total. The maximum absolute atomic E-state index is 6.54. The first-order valence-electron chi connectivity index (χ1n) is 11.7. The van der Waals surface area contributed by atoms with Gasteiger partial charge < -0.3 is 9.30 Å². The molecule has 1 aliphatic heterocycles. The molecule has 0 radical (unpaired) electrons. The molecule has 5 aromatic rings. The predicted molar refractivity (Wildman–Crippen MR) is 135 cm³/mol. The van der Waals surface area contributed by atoms with Crippen molar-refractivity contribution >= 4 is 33.5 Å². The Bertz CT molecular complexity index is 1460. The van der Waals surface area contributed by atoms with Crippen LogP contribution in [0, 0.1) is 12.8 Å². The molecule has 1 aliphatic rings. The molecular formula is C27H26ClN5O. The molecule has 2 aromatic carbocycles. The molecule has 4 heterocycles. The van der Waals surface area contributed by atoms with Crippen molar-refractivity contribution in [2.45, 2.75) is 25.8 Å². The minimum absolute atomic E-state index is 0.145. The first-order chi connectivity index (χ1) is 16.6. The largest absolute Gasteiger partial charge is 0.381 e. The monoisotopic (exact) mass is 471 g/mol. The van der Waals surface area contributed by atoms with E-state index in [4.69, 9.17) is 21.3 Å². The minimum Gasteiger partial charge on any atom is -0.381 e. The number of rotatable bonds is 4. The van der Waals surface area contributed by atoms with Crippen LogP contribution in [0.2, 0.25) is 5.02 Å². The molecule has 0 amide bonds. The average molecular weight is 472 g/mol. The Morgan fingerprint density at radius 2 is 1.82 bits per heavy atom. The third-order valence-corrected chi connectivity index (χ3v) is 7.24. The molecule has 0 bridgehead atoms. The van der Waals surface area contributed by atoms with Gasteiger partial charge in [0.25, 0.3) is 0 Å². The number of nitrogens with zero attached hydrogens (tertiary/aromatic N) is 5. The van der Waals surface area contributed by atoms with Crippen LogP contribution in [0.1, 0.15) is 30.1 Å². The van der Waals surface area contributed by atoms with E-state index in [1.165, 1.54) is 5.56 Å². The summed E-state index contributed by atoms with van der Waals surface area (Å²) < 4.78 is 10.0. The number of pyridine rings is 1. The Morgan fingerprint density at radius 3 is 2.56 bits per heavy atom. The zero-order valence-electron chi connectivity index (χ0n) is 19.3. The smallest absolute Gasteiger partial charge is 0.0960 e. The maximum atomic E-state index is 6.54. The molecule has 0 unspecified atom stereocenters. The van der Waals surface area contributed by atoms with Crippen LogP contribution in [0.4, 0.5) is 0 Å². The van der Waals surface area contributed by atoms with Gasteiger partial charge in [0.05, 0.1) is 34.0 Å². The summed E-state index contributed by atoms with van der Waals surface area (Å²) in [6.07, 6.45) is 3.96.